The van der Waals surface area contributed by atoms with Crippen LogP contribution in [0.1, 0.15) is 23.8 Å². The van der Waals surface area contributed by atoms with Crippen LogP contribution in [0.5, 0.6) is 0 Å². The van der Waals surface area contributed by atoms with Crippen molar-refractivity contribution < 1.29 is 9.59 Å². The molecule has 21 heavy (non-hydrogen) atoms. The van der Waals surface area contributed by atoms with E-state index < -0.39 is 11.4 Å². The van der Waals surface area contributed by atoms with E-state index in [4.69, 9.17) is 17.3 Å². The second-order valence-corrected chi connectivity index (χ2v) is 5.75. The van der Waals surface area contributed by atoms with Gasteiger partial charge in [-0.25, -0.2) is 4.79 Å². The number of hydrogen-bond donors (Lipinski definition) is 2. The Labute approximate surface area is 129 Å². The van der Waals surface area contributed by atoms with Gasteiger partial charge in [0.1, 0.15) is 5.38 Å². The van der Waals surface area contributed by atoms with Gasteiger partial charge in [0, 0.05) is 19.6 Å². The standard InChI is InChI=1S/C15H20ClN3O2/c16-13(12-6-2-1-3-7-12)14(20)19-8-4-5-11(10-19)9-18-15(17)21/h1-3,6-7,11,13H,4-5,8-10H2,(H3,17,18,21). The van der Waals surface area contributed by atoms with Gasteiger partial charge >= 0.3 is 6.03 Å². The maximum atomic E-state index is 12.5. The Bertz CT molecular complexity index is 495. The van der Waals surface area contributed by atoms with E-state index >= 15 is 0 Å². The van der Waals surface area contributed by atoms with Crippen LogP contribution in [-0.2, 0) is 4.79 Å². The molecule has 0 spiro atoms. The summed E-state index contributed by atoms with van der Waals surface area (Å²) in [5.41, 5.74) is 5.88. The zero-order chi connectivity index (χ0) is 15.2. The van der Waals surface area contributed by atoms with Crippen molar-refractivity contribution in [2.75, 3.05) is 19.6 Å². The summed E-state index contributed by atoms with van der Waals surface area (Å²) in [6.45, 7) is 1.81. The predicted octanol–water partition coefficient (Wildman–Crippen LogP) is 1.87. The third-order valence-corrected chi connectivity index (χ3v) is 4.14. The summed E-state index contributed by atoms with van der Waals surface area (Å²) in [6, 6.07) is 8.81. The van der Waals surface area contributed by atoms with E-state index in [2.05, 4.69) is 5.32 Å². The van der Waals surface area contributed by atoms with Crippen LogP contribution in [0.15, 0.2) is 30.3 Å². The van der Waals surface area contributed by atoms with Crippen molar-refractivity contribution in [1.29, 1.82) is 0 Å². The van der Waals surface area contributed by atoms with Crippen LogP contribution >= 0.6 is 11.6 Å². The second kappa shape index (κ2) is 7.31. The smallest absolute Gasteiger partial charge is 0.312 e. The molecule has 1 fully saturated rings. The molecule has 2 unspecified atom stereocenters. The SMILES string of the molecule is NC(=O)NCC1CCCN(C(=O)C(Cl)c2ccccc2)C1. The van der Waals surface area contributed by atoms with Gasteiger partial charge in [-0.15, -0.1) is 11.6 Å². The summed E-state index contributed by atoms with van der Waals surface area (Å²) in [4.78, 5) is 25.0. The van der Waals surface area contributed by atoms with Gasteiger partial charge in [-0.1, -0.05) is 30.3 Å². The summed E-state index contributed by atoms with van der Waals surface area (Å²) in [6.07, 6.45) is 1.89. The topological polar surface area (TPSA) is 75.4 Å². The Morgan fingerprint density at radius 2 is 2.10 bits per heavy atom. The molecule has 1 aliphatic heterocycles. The van der Waals surface area contributed by atoms with Gasteiger partial charge in [-0.3, -0.25) is 4.79 Å². The number of likely N-dealkylation sites (tertiary alicyclic amines) is 1. The van der Waals surface area contributed by atoms with Gasteiger partial charge in [0.25, 0.3) is 0 Å². The first-order chi connectivity index (χ1) is 10.1. The number of nitrogens with zero attached hydrogens (tertiary/aromatic N) is 1. The van der Waals surface area contributed by atoms with Gasteiger partial charge in [0.2, 0.25) is 5.91 Å². The van der Waals surface area contributed by atoms with E-state index in [1.807, 2.05) is 30.3 Å². The van der Waals surface area contributed by atoms with E-state index in [9.17, 15) is 9.59 Å². The zero-order valence-corrected chi connectivity index (χ0v) is 12.6. The van der Waals surface area contributed by atoms with E-state index in [-0.39, 0.29) is 11.8 Å². The number of benzene rings is 1. The Hall–Kier alpha value is -1.75. The van der Waals surface area contributed by atoms with Crippen molar-refractivity contribution in [3.63, 3.8) is 0 Å². The molecule has 3 N–H and O–H groups in total. The van der Waals surface area contributed by atoms with Crippen molar-refractivity contribution in [2.45, 2.75) is 18.2 Å². The minimum Gasteiger partial charge on any atom is -0.352 e. The fourth-order valence-corrected chi connectivity index (χ4v) is 2.89. The van der Waals surface area contributed by atoms with Crippen molar-refractivity contribution >= 4 is 23.5 Å². The lowest BCUT2D eigenvalue weighted by Gasteiger charge is -2.34. The van der Waals surface area contributed by atoms with Crippen LogP contribution < -0.4 is 11.1 Å². The Morgan fingerprint density at radius 1 is 1.38 bits per heavy atom. The molecule has 3 amide bonds. The van der Waals surface area contributed by atoms with Crippen LogP contribution in [0.4, 0.5) is 4.79 Å². The van der Waals surface area contributed by atoms with Gasteiger partial charge in [-0.2, -0.15) is 0 Å². The number of amides is 3. The molecule has 5 nitrogen and oxygen atoms in total. The maximum Gasteiger partial charge on any atom is 0.312 e. The molecule has 114 valence electrons. The molecule has 0 bridgehead atoms. The highest BCUT2D eigenvalue weighted by atomic mass is 35.5. The Kier molecular flexibility index (Phi) is 5.44. The molecule has 2 atom stereocenters. The molecule has 2 rings (SSSR count). The first-order valence-electron chi connectivity index (χ1n) is 7.09. The molecule has 6 heteroatoms. The highest BCUT2D eigenvalue weighted by Crippen LogP contribution is 2.25. The maximum absolute atomic E-state index is 12.5. The fraction of sp³-hybridized carbons (Fsp3) is 0.467. The number of primary amides is 1. The molecule has 1 heterocycles. The lowest BCUT2D eigenvalue weighted by molar-refractivity contribution is -0.132. The molecule has 1 aromatic carbocycles. The molecular formula is C15H20ClN3O2. The summed E-state index contributed by atoms with van der Waals surface area (Å²) < 4.78 is 0. The number of hydrogen-bond acceptors (Lipinski definition) is 2. The van der Waals surface area contributed by atoms with Crippen LogP contribution in [0.25, 0.3) is 0 Å². The van der Waals surface area contributed by atoms with Gasteiger partial charge in [-0.05, 0) is 24.3 Å². The van der Waals surface area contributed by atoms with Crippen molar-refractivity contribution in [1.82, 2.24) is 10.2 Å². The third-order valence-electron chi connectivity index (χ3n) is 3.70. The zero-order valence-electron chi connectivity index (χ0n) is 11.8. The third kappa shape index (κ3) is 4.36. The molecule has 0 radical (unpaired) electrons. The average molecular weight is 310 g/mol. The molecular weight excluding hydrogens is 290 g/mol. The van der Waals surface area contributed by atoms with Crippen molar-refractivity contribution in [2.24, 2.45) is 11.7 Å². The summed E-state index contributed by atoms with van der Waals surface area (Å²) >= 11 is 6.28. The second-order valence-electron chi connectivity index (χ2n) is 5.31. The first-order valence-corrected chi connectivity index (χ1v) is 7.52. The first kappa shape index (κ1) is 15.6. The van der Waals surface area contributed by atoms with Crippen LogP contribution in [0, 0.1) is 5.92 Å². The molecule has 1 saturated heterocycles. The molecule has 0 aromatic heterocycles. The van der Waals surface area contributed by atoms with Crippen LogP contribution in [0.3, 0.4) is 0 Å². The minimum atomic E-state index is -0.658. The summed E-state index contributed by atoms with van der Waals surface area (Å²) in [5.74, 6) is 0.154. The van der Waals surface area contributed by atoms with Crippen LogP contribution in [-0.4, -0.2) is 36.5 Å². The predicted molar refractivity (Wildman–Crippen MR) is 81.9 cm³/mol. The summed E-state index contributed by atoms with van der Waals surface area (Å²) in [5, 5.41) is 1.95. The number of alkyl halides is 1. The van der Waals surface area contributed by atoms with Gasteiger partial charge in [0.15, 0.2) is 0 Å². The van der Waals surface area contributed by atoms with Gasteiger partial charge in [0.05, 0.1) is 0 Å². The summed E-state index contributed by atoms with van der Waals surface area (Å²) in [7, 11) is 0. The van der Waals surface area contributed by atoms with E-state index in [0.29, 0.717) is 19.6 Å². The molecule has 1 aromatic rings. The minimum absolute atomic E-state index is 0.0772. The van der Waals surface area contributed by atoms with E-state index in [1.54, 1.807) is 4.90 Å². The number of rotatable bonds is 4. The molecule has 0 aliphatic carbocycles. The number of urea groups is 1. The van der Waals surface area contributed by atoms with Crippen molar-refractivity contribution in [3.8, 4) is 0 Å². The van der Waals surface area contributed by atoms with E-state index in [0.717, 1.165) is 18.4 Å². The number of nitrogens with one attached hydrogen (secondary N) is 1. The highest BCUT2D eigenvalue weighted by Gasteiger charge is 2.28. The van der Waals surface area contributed by atoms with Gasteiger partial charge < -0.3 is 16.0 Å². The van der Waals surface area contributed by atoms with Crippen LogP contribution in [0.2, 0.25) is 0 Å². The number of piperidine rings is 1. The largest absolute Gasteiger partial charge is 0.352 e. The number of carbonyl (C=O) groups excluding carboxylic acids is 2. The average Bonchev–Trinajstić information content (AvgIpc) is 2.52. The Balaban J connectivity index is 1.94. The van der Waals surface area contributed by atoms with E-state index in [1.165, 1.54) is 0 Å². The highest BCUT2D eigenvalue weighted by molar-refractivity contribution is 6.30. The molecule has 0 saturated carbocycles. The van der Waals surface area contributed by atoms with Crippen molar-refractivity contribution in [3.05, 3.63) is 35.9 Å². The number of nitrogens with two attached hydrogens (primary N) is 1. The quantitative estimate of drug-likeness (QED) is 0.833. The monoisotopic (exact) mass is 309 g/mol. The number of carbonyl (C=O) groups is 2. The number of halogens is 1. The fourth-order valence-electron chi connectivity index (χ4n) is 2.60. The lowest BCUT2D eigenvalue weighted by Crippen LogP contribution is -2.45. The normalized spacial score (nSPS) is 19.9. The Morgan fingerprint density at radius 3 is 2.76 bits per heavy atom. The lowest BCUT2D eigenvalue weighted by atomic mass is 9.97. The molecule has 1 aliphatic rings.